The molecule has 0 aliphatic carbocycles. The lowest BCUT2D eigenvalue weighted by atomic mass is 10.1. The van der Waals surface area contributed by atoms with Gasteiger partial charge in [0.15, 0.2) is 0 Å². The van der Waals surface area contributed by atoms with Crippen LogP contribution in [0.2, 0.25) is 0 Å². The molecular weight excluding hydrogens is 262 g/mol. The molecule has 1 aromatic rings. The summed E-state index contributed by atoms with van der Waals surface area (Å²) in [5.74, 6) is 1.14. The van der Waals surface area contributed by atoms with Gasteiger partial charge in [-0.05, 0) is 45.3 Å². The molecule has 1 atom stereocenters. The molecule has 18 heavy (non-hydrogen) atoms. The first-order valence-electron chi connectivity index (χ1n) is 5.99. The minimum Gasteiger partial charge on any atom is -0.389 e. The van der Waals surface area contributed by atoms with E-state index < -0.39 is 0 Å². The third-order valence-corrected chi connectivity index (χ3v) is 3.58. The average Bonchev–Trinajstić information content (AvgIpc) is 2.24. The van der Waals surface area contributed by atoms with Crippen molar-refractivity contribution in [2.75, 3.05) is 17.3 Å². The number of hydrogen-bond acceptors (Lipinski definition) is 4. The molecule has 100 valence electrons. The Bertz CT molecular complexity index is 432. The number of pyridine rings is 1. The number of nitrogens with one attached hydrogen (secondary N) is 1. The molecule has 0 amide bonds. The predicted octanol–water partition coefficient (Wildman–Crippen LogP) is 2.89. The van der Waals surface area contributed by atoms with E-state index in [4.69, 9.17) is 18.0 Å². The van der Waals surface area contributed by atoms with Gasteiger partial charge in [-0.15, -0.1) is 0 Å². The number of anilines is 1. The SMILES string of the molecule is CSCCC(C)Nc1cc(C)nc(C)c1C(N)=S. The highest BCUT2D eigenvalue weighted by molar-refractivity contribution is 7.98. The first kappa shape index (κ1) is 15.2. The Labute approximate surface area is 119 Å². The van der Waals surface area contributed by atoms with Gasteiger partial charge in [0, 0.05) is 23.1 Å². The topological polar surface area (TPSA) is 50.9 Å². The van der Waals surface area contributed by atoms with E-state index in [1.54, 1.807) is 0 Å². The standard InChI is InChI=1S/C13H21N3S2/c1-8(5-6-18-4)16-11-7-9(2)15-10(3)12(11)13(14)17/h7-8H,5-6H2,1-4H3,(H2,14,17)(H,15,16). The summed E-state index contributed by atoms with van der Waals surface area (Å²) in [6, 6.07) is 2.41. The van der Waals surface area contributed by atoms with Gasteiger partial charge in [0.05, 0.1) is 5.56 Å². The maximum absolute atomic E-state index is 5.79. The second-order valence-corrected chi connectivity index (χ2v) is 5.89. The minimum absolute atomic E-state index is 0.395. The first-order valence-corrected chi connectivity index (χ1v) is 7.79. The zero-order valence-corrected chi connectivity index (χ0v) is 13.0. The number of rotatable bonds is 6. The Balaban J connectivity index is 2.96. The van der Waals surface area contributed by atoms with Crippen LogP contribution in [0.4, 0.5) is 5.69 Å². The number of hydrogen-bond donors (Lipinski definition) is 2. The van der Waals surface area contributed by atoms with Crippen molar-refractivity contribution in [2.24, 2.45) is 5.73 Å². The summed E-state index contributed by atoms with van der Waals surface area (Å²) < 4.78 is 0. The lowest BCUT2D eigenvalue weighted by Gasteiger charge is -2.19. The number of aryl methyl sites for hydroxylation is 2. The molecule has 0 radical (unpaired) electrons. The van der Waals surface area contributed by atoms with Crippen LogP contribution in [0.5, 0.6) is 0 Å². The van der Waals surface area contributed by atoms with E-state index in [1.807, 2.05) is 31.7 Å². The van der Waals surface area contributed by atoms with E-state index in [0.29, 0.717) is 11.0 Å². The van der Waals surface area contributed by atoms with Gasteiger partial charge in [0.25, 0.3) is 0 Å². The molecule has 3 N–H and O–H groups in total. The van der Waals surface area contributed by atoms with E-state index in [-0.39, 0.29) is 0 Å². The maximum Gasteiger partial charge on any atom is 0.107 e. The molecule has 0 spiro atoms. The summed E-state index contributed by atoms with van der Waals surface area (Å²) in [7, 11) is 0. The fraction of sp³-hybridized carbons (Fsp3) is 0.538. The molecule has 5 heteroatoms. The molecule has 1 heterocycles. The minimum atomic E-state index is 0.395. The van der Waals surface area contributed by atoms with Crippen LogP contribution in [0.3, 0.4) is 0 Å². The van der Waals surface area contributed by atoms with Crippen LogP contribution >= 0.6 is 24.0 Å². The number of thiocarbonyl (C=S) groups is 1. The van der Waals surface area contributed by atoms with Crippen LogP contribution in [-0.2, 0) is 0 Å². The van der Waals surface area contributed by atoms with Gasteiger partial charge in [-0.25, -0.2) is 0 Å². The van der Waals surface area contributed by atoms with Crippen molar-refractivity contribution < 1.29 is 0 Å². The fourth-order valence-corrected chi connectivity index (χ4v) is 2.73. The van der Waals surface area contributed by atoms with Crippen LogP contribution in [0, 0.1) is 13.8 Å². The van der Waals surface area contributed by atoms with Gasteiger partial charge in [0.1, 0.15) is 4.99 Å². The second-order valence-electron chi connectivity index (χ2n) is 4.46. The smallest absolute Gasteiger partial charge is 0.107 e. The largest absolute Gasteiger partial charge is 0.389 e. The van der Waals surface area contributed by atoms with E-state index in [0.717, 1.165) is 34.8 Å². The van der Waals surface area contributed by atoms with Crippen molar-refractivity contribution in [3.8, 4) is 0 Å². The number of nitrogens with two attached hydrogens (primary N) is 1. The Hall–Kier alpha value is -0.810. The van der Waals surface area contributed by atoms with Crippen LogP contribution in [-0.4, -0.2) is 28.0 Å². The molecule has 0 saturated heterocycles. The molecule has 0 saturated carbocycles. The zero-order valence-electron chi connectivity index (χ0n) is 11.4. The van der Waals surface area contributed by atoms with Gasteiger partial charge >= 0.3 is 0 Å². The lowest BCUT2D eigenvalue weighted by molar-refractivity contribution is 0.771. The zero-order chi connectivity index (χ0) is 13.7. The number of aromatic nitrogens is 1. The van der Waals surface area contributed by atoms with Crippen molar-refractivity contribution in [2.45, 2.75) is 33.2 Å². The fourth-order valence-electron chi connectivity index (χ4n) is 1.89. The molecule has 0 bridgehead atoms. The maximum atomic E-state index is 5.79. The average molecular weight is 283 g/mol. The van der Waals surface area contributed by atoms with Crippen molar-refractivity contribution in [3.63, 3.8) is 0 Å². The normalized spacial score (nSPS) is 12.2. The molecule has 3 nitrogen and oxygen atoms in total. The van der Waals surface area contributed by atoms with E-state index in [9.17, 15) is 0 Å². The van der Waals surface area contributed by atoms with Crippen molar-refractivity contribution in [1.82, 2.24) is 4.98 Å². The summed E-state index contributed by atoms with van der Waals surface area (Å²) >= 11 is 6.97. The van der Waals surface area contributed by atoms with Crippen molar-refractivity contribution in [1.29, 1.82) is 0 Å². The highest BCUT2D eigenvalue weighted by Gasteiger charge is 2.12. The van der Waals surface area contributed by atoms with E-state index in [2.05, 4.69) is 23.5 Å². The van der Waals surface area contributed by atoms with Gasteiger partial charge in [-0.3, -0.25) is 4.98 Å². The highest BCUT2D eigenvalue weighted by Crippen LogP contribution is 2.21. The summed E-state index contributed by atoms with van der Waals surface area (Å²) in [4.78, 5) is 4.82. The predicted molar refractivity (Wildman–Crippen MR) is 85.7 cm³/mol. The Morgan fingerprint density at radius 1 is 1.56 bits per heavy atom. The summed E-state index contributed by atoms with van der Waals surface area (Å²) in [5, 5.41) is 3.49. The van der Waals surface area contributed by atoms with E-state index in [1.165, 1.54) is 0 Å². The molecule has 1 aromatic heterocycles. The summed E-state index contributed by atoms with van der Waals surface area (Å²) in [6.45, 7) is 6.10. The van der Waals surface area contributed by atoms with Crippen LogP contribution in [0.25, 0.3) is 0 Å². The van der Waals surface area contributed by atoms with E-state index >= 15 is 0 Å². The molecule has 1 rings (SSSR count). The molecular formula is C13H21N3S2. The van der Waals surface area contributed by atoms with Crippen LogP contribution in [0.15, 0.2) is 6.07 Å². The Kier molecular flexibility index (Phi) is 5.88. The highest BCUT2D eigenvalue weighted by atomic mass is 32.2. The molecule has 0 aliphatic heterocycles. The van der Waals surface area contributed by atoms with Gasteiger partial charge < -0.3 is 11.1 Å². The first-order chi connectivity index (χ1) is 8.45. The van der Waals surface area contributed by atoms with Crippen LogP contribution < -0.4 is 11.1 Å². The summed E-state index contributed by atoms with van der Waals surface area (Å²) in [6.07, 6.45) is 3.23. The van der Waals surface area contributed by atoms with Crippen LogP contribution in [0.1, 0.15) is 30.3 Å². The Morgan fingerprint density at radius 3 is 2.78 bits per heavy atom. The lowest BCUT2D eigenvalue weighted by Crippen LogP contribution is -2.21. The molecule has 1 unspecified atom stereocenters. The number of nitrogens with zero attached hydrogens (tertiary/aromatic N) is 1. The van der Waals surface area contributed by atoms with Crippen molar-refractivity contribution >= 4 is 34.7 Å². The van der Waals surface area contributed by atoms with Gasteiger partial charge in [0.2, 0.25) is 0 Å². The molecule has 0 fully saturated rings. The monoisotopic (exact) mass is 283 g/mol. The second kappa shape index (κ2) is 6.95. The third-order valence-electron chi connectivity index (χ3n) is 2.73. The van der Waals surface area contributed by atoms with Gasteiger partial charge in [-0.1, -0.05) is 12.2 Å². The quantitative estimate of drug-likeness (QED) is 0.786. The van der Waals surface area contributed by atoms with Crippen molar-refractivity contribution in [3.05, 3.63) is 23.0 Å². The van der Waals surface area contributed by atoms with Gasteiger partial charge in [-0.2, -0.15) is 11.8 Å². The Morgan fingerprint density at radius 2 is 2.22 bits per heavy atom. The third kappa shape index (κ3) is 4.14. The molecule has 0 aromatic carbocycles. The molecule has 0 aliphatic rings. The number of thioether (sulfide) groups is 1. The summed E-state index contributed by atoms with van der Waals surface area (Å²) in [5.41, 5.74) is 9.53.